The van der Waals surface area contributed by atoms with Gasteiger partial charge in [-0.1, -0.05) is 57.3 Å². The predicted molar refractivity (Wildman–Crippen MR) is 118 cm³/mol. The second-order valence-electron chi connectivity index (χ2n) is 6.31. The van der Waals surface area contributed by atoms with E-state index in [0.29, 0.717) is 34.6 Å². The molecule has 0 saturated heterocycles. The fourth-order valence-electron chi connectivity index (χ4n) is 2.75. The summed E-state index contributed by atoms with van der Waals surface area (Å²) in [6.07, 6.45) is 0. The minimum Gasteiger partial charge on any atom is -0.493 e. The van der Waals surface area contributed by atoms with Crippen LogP contribution in [0.15, 0.2) is 59.1 Å². The van der Waals surface area contributed by atoms with E-state index in [1.807, 2.05) is 12.1 Å². The molecule has 1 N–H and O–H groups in total. The van der Waals surface area contributed by atoms with Gasteiger partial charge in [-0.3, -0.25) is 0 Å². The summed E-state index contributed by atoms with van der Waals surface area (Å²) in [5.41, 5.74) is 2.73. The molecular formula is C22H19BrCl2FNO2. The van der Waals surface area contributed by atoms with Gasteiger partial charge in [-0.05, 0) is 47.5 Å². The molecule has 0 fully saturated rings. The third kappa shape index (κ3) is 5.86. The van der Waals surface area contributed by atoms with E-state index in [0.717, 1.165) is 21.2 Å². The molecular weight excluding hydrogens is 480 g/mol. The number of methoxy groups -OCH3 is 1. The molecule has 29 heavy (non-hydrogen) atoms. The zero-order valence-corrected chi connectivity index (χ0v) is 18.7. The van der Waals surface area contributed by atoms with Crippen LogP contribution in [0.5, 0.6) is 11.5 Å². The van der Waals surface area contributed by atoms with Gasteiger partial charge in [-0.15, -0.1) is 0 Å². The minimum atomic E-state index is -0.241. The summed E-state index contributed by atoms with van der Waals surface area (Å²) in [5.74, 6) is 0.947. The monoisotopic (exact) mass is 497 g/mol. The zero-order valence-electron chi connectivity index (χ0n) is 15.6. The molecule has 0 aliphatic carbocycles. The Bertz CT molecular complexity index is 963. The first-order chi connectivity index (χ1) is 14.0. The van der Waals surface area contributed by atoms with Crippen molar-refractivity contribution in [2.45, 2.75) is 19.7 Å². The van der Waals surface area contributed by atoms with Gasteiger partial charge in [0.05, 0.1) is 7.11 Å². The molecule has 0 radical (unpaired) electrons. The predicted octanol–water partition coefficient (Wildman–Crippen LogP) is 6.77. The van der Waals surface area contributed by atoms with E-state index in [-0.39, 0.29) is 12.4 Å². The van der Waals surface area contributed by atoms with Crippen molar-refractivity contribution in [2.24, 2.45) is 0 Å². The van der Waals surface area contributed by atoms with Crippen LogP contribution in [0.1, 0.15) is 16.7 Å². The summed E-state index contributed by atoms with van der Waals surface area (Å²) in [7, 11) is 1.59. The summed E-state index contributed by atoms with van der Waals surface area (Å²) in [6, 6.07) is 15.5. The number of hydrogen-bond donors (Lipinski definition) is 1. The van der Waals surface area contributed by atoms with Crippen molar-refractivity contribution in [3.8, 4) is 11.5 Å². The number of benzene rings is 3. The molecule has 3 aromatic rings. The number of rotatable bonds is 8. The van der Waals surface area contributed by atoms with Crippen LogP contribution in [0.3, 0.4) is 0 Å². The van der Waals surface area contributed by atoms with Gasteiger partial charge >= 0.3 is 0 Å². The van der Waals surface area contributed by atoms with Crippen LogP contribution in [-0.2, 0) is 19.7 Å². The smallest absolute Gasteiger partial charge is 0.162 e. The average molecular weight is 499 g/mol. The molecule has 0 unspecified atom stereocenters. The minimum absolute atomic E-state index is 0.226. The largest absolute Gasteiger partial charge is 0.493 e. The molecule has 0 aromatic heterocycles. The van der Waals surface area contributed by atoms with Crippen LogP contribution in [0.25, 0.3) is 0 Å². The Hall–Kier alpha value is -1.79. The summed E-state index contributed by atoms with van der Waals surface area (Å²) in [6.45, 7) is 1.45. The Kier molecular flexibility index (Phi) is 7.78. The molecule has 0 aliphatic heterocycles. The maximum Gasteiger partial charge on any atom is 0.162 e. The van der Waals surface area contributed by atoms with Gasteiger partial charge in [0.25, 0.3) is 0 Å². The number of nitrogens with one attached hydrogen (secondary N) is 1. The fraction of sp³-hybridized carbons (Fsp3) is 0.182. The van der Waals surface area contributed by atoms with Crippen molar-refractivity contribution in [2.75, 3.05) is 7.11 Å². The lowest BCUT2D eigenvalue weighted by Gasteiger charge is -2.15. The van der Waals surface area contributed by atoms with Gasteiger partial charge in [0.1, 0.15) is 12.4 Å². The normalized spacial score (nSPS) is 10.8. The summed E-state index contributed by atoms with van der Waals surface area (Å²) < 4.78 is 25.3. The Morgan fingerprint density at radius 1 is 0.966 bits per heavy atom. The van der Waals surface area contributed by atoms with Crippen LogP contribution >= 0.6 is 39.1 Å². The van der Waals surface area contributed by atoms with Gasteiger partial charge in [0.15, 0.2) is 11.5 Å². The van der Waals surface area contributed by atoms with E-state index >= 15 is 0 Å². The first-order valence-electron chi connectivity index (χ1n) is 8.85. The number of hydrogen-bond acceptors (Lipinski definition) is 3. The molecule has 0 bridgehead atoms. The molecule has 3 nitrogen and oxygen atoms in total. The van der Waals surface area contributed by atoms with Crippen molar-refractivity contribution >= 4 is 39.1 Å². The maximum absolute atomic E-state index is 13.0. The highest BCUT2D eigenvalue weighted by atomic mass is 79.9. The van der Waals surface area contributed by atoms with Crippen molar-refractivity contribution in [1.29, 1.82) is 0 Å². The molecule has 0 spiro atoms. The summed E-state index contributed by atoms with van der Waals surface area (Å²) in [5, 5.41) is 4.44. The van der Waals surface area contributed by atoms with E-state index in [4.69, 9.17) is 32.7 Å². The van der Waals surface area contributed by atoms with Gasteiger partial charge in [0, 0.05) is 33.2 Å². The van der Waals surface area contributed by atoms with Crippen LogP contribution in [0.2, 0.25) is 10.0 Å². The van der Waals surface area contributed by atoms with E-state index in [9.17, 15) is 4.39 Å². The lowest BCUT2D eigenvalue weighted by atomic mass is 10.1. The van der Waals surface area contributed by atoms with Gasteiger partial charge < -0.3 is 14.8 Å². The van der Waals surface area contributed by atoms with Crippen LogP contribution < -0.4 is 14.8 Å². The van der Waals surface area contributed by atoms with E-state index in [2.05, 4.69) is 21.2 Å². The first kappa shape index (κ1) is 21.9. The van der Waals surface area contributed by atoms with Crippen molar-refractivity contribution in [1.82, 2.24) is 5.32 Å². The molecule has 0 saturated carbocycles. The molecule has 3 rings (SSSR count). The lowest BCUT2D eigenvalue weighted by Crippen LogP contribution is -2.13. The number of ether oxygens (including phenoxy) is 2. The van der Waals surface area contributed by atoms with Gasteiger partial charge in [-0.2, -0.15) is 0 Å². The molecule has 3 aromatic carbocycles. The third-order valence-corrected chi connectivity index (χ3v) is 5.77. The maximum atomic E-state index is 13.0. The van der Waals surface area contributed by atoms with Crippen LogP contribution in [-0.4, -0.2) is 7.11 Å². The molecule has 7 heteroatoms. The Morgan fingerprint density at radius 2 is 1.66 bits per heavy atom. The topological polar surface area (TPSA) is 30.5 Å². The standard InChI is InChI=1S/C22H19BrCl2FNO2/c1-28-21-9-15(12-27-11-14-5-7-16(26)8-6-14)18(23)10-22(21)29-13-17-19(24)3-2-4-20(17)25/h2-10,27H,11-13H2,1H3. The van der Waals surface area contributed by atoms with E-state index in [1.165, 1.54) is 12.1 Å². The number of halogens is 4. The molecule has 0 amide bonds. The van der Waals surface area contributed by atoms with E-state index in [1.54, 1.807) is 37.4 Å². The van der Waals surface area contributed by atoms with Crippen LogP contribution in [0.4, 0.5) is 4.39 Å². The molecule has 0 heterocycles. The van der Waals surface area contributed by atoms with Crippen LogP contribution in [0, 0.1) is 5.82 Å². The highest BCUT2D eigenvalue weighted by molar-refractivity contribution is 9.10. The highest BCUT2D eigenvalue weighted by Crippen LogP contribution is 2.35. The molecule has 0 atom stereocenters. The molecule has 152 valence electrons. The van der Waals surface area contributed by atoms with Crippen molar-refractivity contribution in [3.63, 3.8) is 0 Å². The summed E-state index contributed by atoms with van der Waals surface area (Å²) in [4.78, 5) is 0. The Morgan fingerprint density at radius 3 is 2.31 bits per heavy atom. The second kappa shape index (κ2) is 10.3. The van der Waals surface area contributed by atoms with E-state index < -0.39 is 0 Å². The van der Waals surface area contributed by atoms with Crippen molar-refractivity contribution in [3.05, 3.63) is 91.6 Å². The Balaban J connectivity index is 1.67. The summed E-state index contributed by atoms with van der Waals surface area (Å²) >= 11 is 16.0. The Labute approximate surface area is 187 Å². The average Bonchev–Trinajstić information content (AvgIpc) is 2.70. The molecule has 0 aliphatic rings. The first-order valence-corrected chi connectivity index (χ1v) is 10.4. The van der Waals surface area contributed by atoms with Gasteiger partial charge in [-0.25, -0.2) is 4.39 Å². The lowest BCUT2D eigenvalue weighted by molar-refractivity contribution is 0.284. The third-order valence-electron chi connectivity index (χ3n) is 4.32. The van der Waals surface area contributed by atoms with Gasteiger partial charge in [0.2, 0.25) is 0 Å². The quantitative estimate of drug-likeness (QED) is 0.371. The zero-order chi connectivity index (χ0) is 20.8. The van der Waals surface area contributed by atoms with Crippen molar-refractivity contribution < 1.29 is 13.9 Å². The highest BCUT2D eigenvalue weighted by Gasteiger charge is 2.13. The second-order valence-corrected chi connectivity index (χ2v) is 7.98. The SMILES string of the molecule is COc1cc(CNCc2ccc(F)cc2)c(Br)cc1OCc1c(Cl)cccc1Cl. The fourth-order valence-corrected chi connectivity index (χ4v) is 3.72.